The third-order valence-corrected chi connectivity index (χ3v) is 4.29. The molecule has 2 heterocycles. The van der Waals surface area contributed by atoms with Crippen LogP contribution >= 0.6 is 0 Å². The van der Waals surface area contributed by atoms with Crippen molar-refractivity contribution < 1.29 is 4.52 Å². The van der Waals surface area contributed by atoms with Gasteiger partial charge in [-0.25, -0.2) is 0 Å². The summed E-state index contributed by atoms with van der Waals surface area (Å²) < 4.78 is 7.41. The SMILES string of the molecule is CCn1cc(-c2nc(-c3ccc(C)cc3)no2)c(=O)c2ccccc21. The van der Waals surface area contributed by atoms with E-state index in [9.17, 15) is 4.79 Å². The van der Waals surface area contributed by atoms with Crippen molar-refractivity contribution in [2.24, 2.45) is 0 Å². The van der Waals surface area contributed by atoms with E-state index >= 15 is 0 Å². The molecule has 0 aliphatic carbocycles. The molecular formula is C20H17N3O2. The largest absolute Gasteiger partial charge is 0.347 e. The van der Waals surface area contributed by atoms with Crippen LogP contribution in [0.1, 0.15) is 12.5 Å². The number of pyridine rings is 1. The summed E-state index contributed by atoms with van der Waals surface area (Å²) in [4.78, 5) is 17.3. The minimum absolute atomic E-state index is 0.0978. The molecule has 0 bridgehead atoms. The fraction of sp³-hybridized carbons (Fsp3) is 0.150. The second-order valence-corrected chi connectivity index (χ2v) is 5.96. The molecule has 2 aromatic heterocycles. The van der Waals surface area contributed by atoms with Gasteiger partial charge in [-0.05, 0) is 26.0 Å². The highest BCUT2D eigenvalue weighted by atomic mass is 16.5. The van der Waals surface area contributed by atoms with E-state index in [0.29, 0.717) is 16.8 Å². The van der Waals surface area contributed by atoms with Gasteiger partial charge in [0.25, 0.3) is 5.89 Å². The Morgan fingerprint density at radius 2 is 1.84 bits per heavy atom. The molecule has 0 spiro atoms. The van der Waals surface area contributed by atoms with Crippen molar-refractivity contribution in [1.29, 1.82) is 0 Å². The second-order valence-electron chi connectivity index (χ2n) is 5.96. The summed E-state index contributed by atoms with van der Waals surface area (Å²) in [6, 6.07) is 15.4. The lowest BCUT2D eigenvalue weighted by molar-refractivity contribution is 0.431. The number of nitrogens with zero attached hydrogens (tertiary/aromatic N) is 3. The molecule has 0 aliphatic rings. The average Bonchev–Trinajstić information content (AvgIpc) is 3.13. The van der Waals surface area contributed by atoms with Gasteiger partial charge in [0.05, 0.1) is 5.52 Å². The number of rotatable bonds is 3. The van der Waals surface area contributed by atoms with Crippen molar-refractivity contribution in [2.45, 2.75) is 20.4 Å². The zero-order valence-corrected chi connectivity index (χ0v) is 14.1. The highest BCUT2D eigenvalue weighted by molar-refractivity contribution is 5.82. The van der Waals surface area contributed by atoms with Crippen molar-refractivity contribution in [2.75, 3.05) is 0 Å². The highest BCUT2D eigenvalue weighted by Crippen LogP contribution is 2.22. The van der Waals surface area contributed by atoms with E-state index in [1.165, 1.54) is 0 Å². The zero-order valence-electron chi connectivity index (χ0n) is 14.1. The molecule has 0 atom stereocenters. The van der Waals surface area contributed by atoms with Crippen LogP contribution in [-0.4, -0.2) is 14.7 Å². The van der Waals surface area contributed by atoms with Crippen LogP contribution in [0.3, 0.4) is 0 Å². The van der Waals surface area contributed by atoms with Crippen LogP contribution < -0.4 is 5.43 Å². The third kappa shape index (κ3) is 2.63. The highest BCUT2D eigenvalue weighted by Gasteiger charge is 2.16. The standard InChI is InChI=1S/C20H17N3O2/c1-3-23-12-16(18(24)15-6-4-5-7-17(15)23)20-21-19(22-25-20)14-10-8-13(2)9-11-14/h4-12H,3H2,1-2H3. The molecule has 5 heteroatoms. The Kier molecular flexibility index (Phi) is 3.69. The fourth-order valence-electron chi connectivity index (χ4n) is 2.91. The number of fused-ring (bicyclic) bond motifs is 1. The summed E-state index contributed by atoms with van der Waals surface area (Å²) >= 11 is 0. The smallest absolute Gasteiger partial charge is 0.263 e. The maximum Gasteiger partial charge on any atom is 0.263 e. The Labute approximate surface area is 144 Å². The van der Waals surface area contributed by atoms with E-state index in [0.717, 1.165) is 23.2 Å². The van der Waals surface area contributed by atoms with Crippen LogP contribution in [0.5, 0.6) is 0 Å². The van der Waals surface area contributed by atoms with E-state index in [-0.39, 0.29) is 11.3 Å². The maximum atomic E-state index is 12.8. The number of aromatic nitrogens is 3. The predicted octanol–water partition coefficient (Wildman–Crippen LogP) is 4.05. The molecule has 0 fully saturated rings. The van der Waals surface area contributed by atoms with Crippen molar-refractivity contribution in [1.82, 2.24) is 14.7 Å². The van der Waals surface area contributed by atoms with Gasteiger partial charge >= 0.3 is 0 Å². The topological polar surface area (TPSA) is 60.9 Å². The molecule has 0 saturated carbocycles. The quantitative estimate of drug-likeness (QED) is 0.568. The Morgan fingerprint density at radius 1 is 1.08 bits per heavy atom. The summed E-state index contributed by atoms with van der Waals surface area (Å²) in [7, 11) is 0. The number of para-hydroxylation sites is 1. The molecule has 0 aliphatic heterocycles. The fourth-order valence-corrected chi connectivity index (χ4v) is 2.91. The summed E-state index contributed by atoms with van der Waals surface area (Å²) in [5.74, 6) is 0.721. The molecule has 4 rings (SSSR count). The summed E-state index contributed by atoms with van der Waals surface area (Å²) in [5.41, 5.74) is 3.24. The number of aryl methyl sites for hydroxylation is 2. The number of hydrogen-bond donors (Lipinski definition) is 0. The second kappa shape index (κ2) is 6.02. The van der Waals surface area contributed by atoms with Gasteiger partial charge in [0.15, 0.2) is 0 Å². The molecule has 0 radical (unpaired) electrons. The van der Waals surface area contributed by atoms with Crippen LogP contribution in [0.2, 0.25) is 0 Å². The van der Waals surface area contributed by atoms with E-state index in [1.807, 2.05) is 66.9 Å². The average molecular weight is 331 g/mol. The van der Waals surface area contributed by atoms with Gasteiger partial charge in [-0.3, -0.25) is 4.79 Å². The van der Waals surface area contributed by atoms with Crippen molar-refractivity contribution in [3.05, 3.63) is 70.5 Å². The molecule has 0 unspecified atom stereocenters. The van der Waals surface area contributed by atoms with Gasteiger partial charge in [-0.2, -0.15) is 4.98 Å². The summed E-state index contributed by atoms with van der Waals surface area (Å²) in [6.07, 6.45) is 1.79. The Balaban J connectivity index is 1.87. The molecule has 25 heavy (non-hydrogen) atoms. The van der Waals surface area contributed by atoms with Gasteiger partial charge in [-0.1, -0.05) is 47.1 Å². The van der Waals surface area contributed by atoms with E-state index in [4.69, 9.17) is 4.52 Å². The predicted molar refractivity (Wildman–Crippen MR) is 97.3 cm³/mol. The zero-order chi connectivity index (χ0) is 17.4. The Morgan fingerprint density at radius 3 is 2.60 bits per heavy atom. The van der Waals surface area contributed by atoms with E-state index in [1.54, 1.807) is 6.20 Å². The Hall–Kier alpha value is -3.21. The molecule has 2 aromatic carbocycles. The lowest BCUT2D eigenvalue weighted by atomic mass is 10.1. The van der Waals surface area contributed by atoms with Gasteiger partial charge in [0.2, 0.25) is 11.3 Å². The summed E-state index contributed by atoms with van der Waals surface area (Å²) in [5, 5.41) is 4.68. The minimum Gasteiger partial charge on any atom is -0.347 e. The van der Waals surface area contributed by atoms with Gasteiger partial charge in [0, 0.05) is 23.7 Å². The van der Waals surface area contributed by atoms with Crippen LogP contribution in [0.15, 0.2) is 64.0 Å². The van der Waals surface area contributed by atoms with Crippen LogP contribution in [0, 0.1) is 6.92 Å². The lowest BCUT2D eigenvalue weighted by Gasteiger charge is -2.09. The molecule has 0 N–H and O–H groups in total. The van der Waals surface area contributed by atoms with Crippen LogP contribution in [-0.2, 0) is 6.54 Å². The first-order chi connectivity index (χ1) is 12.2. The first-order valence-electron chi connectivity index (χ1n) is 8.20. The van der Waals surface area contributed by atoms with Crippen LogP contribution in [0.4, 0.5) is 0 Å². The van der Waals surface area contributed by atoms with Crippen LogP contribution in [0.25, 0.3) is 33.7 Å². The lowest BCUT2D eigenvalue weighted by Crippen LogP contribution is -2.11. The Bertz CT molecular complexity index is 1110. The van der Waals surface area contributed by atoms with Gasteiger partial charge < -0.3 is 9.09 Å². The monoisotopic (exact) mass is 331 g/mol. The molecule has 4 aromatic rings. The van der Waals surface area contributed by atoms with E-state index < -0.39 is 0 Å². The number of hydrogen-bond acceptors (Lipinski definition) is 4. The molecule has 5 nitrogen and oxygen atoms in total. The van der Waals surface area contributed by atoms with Gasteiger partial charge in [-0.15, -0.1) is 0 Å². The first-order valence-corrected chi connectivity index (χ1v) is 8.20. The van der Waals surface area contributed by atoms with Crippen molar-refractivity contribution in [3.63, 3.8) is 0 Å². The third-order valence-electron chi connectivity index (χ3n) is 4.29. The minimum atomic E-state index is -0.0978. The molecular weight excluding hydrogens is 314 g/mol. The van der Waals surface area contributed by atoms with Crippen molar-refractivity contribution >= 4 is 10.9 Å². The normalized spacial score (nSPS) is 11.1. The number of benzene rings is 2. The molecule has 124 valence electrons. The van der Waals surface area contributed by atoms with Gasteiger partial charge in [0.1, 0.15) is 5.56 Å². The van der Waals surface area contributed by atoms with Crippen molar-refractivity contribution in [3.8, 4) is 22.8 Å². The molecule has 0 amide bonds. The maximum absolute atomic E-state index is 12.8. The van der Waals surface area contributed by atoms with E-state index in [2.05, 4.69) is 10.1 Å². The summed E-state index contributed by atoms with van der Waals surface area (Å²) in [6.45, 7) is 4.80. The molecule has 0 saturated heterocycles. The first kappa shape index (κ1) is 15.3.